The van der Waals surface area contributed by atoms with Crippen molar-refractivity contribution in [3.05, 3.63) is 45.9 Å². The second kappa shape index (κ2) is 5.65. The molecule has 0 saturated carbocycles. The Morgan fingerprint density at radius 2 is 2.26 bits per heavy atom. The first-order valence-electron chi connectivity index (χ1n) is 6.62. The fraction of sp³-hybridized carbons (Fsp3) is 0.400. The molecular weight excluding hydrogens is 272 g/mol. The number of thiazole rings is 1. The van der Waals surface area contributed by atoms with E-state index in [1.807, 2.05) is 11.8 Å². The molecule has 0 bridgehead atoms. The first-order valence-corrected chi connectivity index (χ1v) is 8.38. The average Bonchev–Trinajstić information content (AvgIpc) is 3.01. The predicted molar refractivity (Wildman–Crippen MR) is 83.1 cm³/mol. The summed E-state index contributed by atoms with van der Waals surface area (Å²) in [5.74, 6) is 0. The van der Waals surface area contributed by atoms with Gasteiger partial charge in [0, 0.05) is 27.8 Å². The summed E-state index contributed by atoms with van der Waals surface area (Å²) in [5, 5.41) is 7.58. The molecule has 2 unspecified atom stereocenters. The van der Waals surface area contributed by atoms with Gasteiger partial charge >= 0.3 is 0 Å². The summed E-state index contributed by atoms with van der Waals surface area (Å²) in [5.41, 5.74) is 2.62. The fourth-order valence-electron chi connectivity index (χ4n) is 2.33. The van der Waals surface area contributed by atoms with E-state index in [4.69, 9.17) is 0 Å². The van der Waals surface area contributed by atoms with E-state index in [-0.39, 0.29) is 0 Å². The maximum Gasteiger partial charge on any atom is 0.110 e. The molecule has 1 N–H and O–H groups in total. The van der Waals surface area contributed by atoms with Gasteiger partial charge in [0.05, 0.1) is 6.04 Å². The van der Waals surface area contributed by atoms with Crippen molar-refractivity contribution in [3.8, 4) is 0 Å². The van der Waals surface area contributed by atoms with E-state index in [0.717, 1.165) is 12.2 Å². The van der Waals surface area contributed by atoms with Crippen LogP contribution in [0.1, 0.15) is 29.2 Å². The highest BCUT2D eigenvalue weighted by molar-refractivity contribution is 8.00. The Labute approximate surface area is 122 Å². The van der Waals surface area contributed by atoms with Crippen LogP contribution in [0.15, 0.2) is 34.5 Å². The minimum Gasteiger partial charge on any atom is -0.307 e. The monoisotopic (exact) mass is 290 g/mol. The van der Waals surface area contributed by atoms with Gasteiger partial charge in [0.2, 0.25) is 0 Å². The quantitative estimate of drug-likeness (QED) is 0.926. The molecule has 0 amide bonds. The minimum atomic E-state index is 0.350. The number of benzene rings is 1. The van der Waals surface area contributed by atoms with Gasteiger partial charge in [-0.15, -0.1) is 23.1 Å². The largest absolute Gasteiger partial charge is 0.307 e. The molecule has 0 fully saturated rings. The van der Waals surface area contributed by atoms with Gasteiger partial charge in [0.1, 0.15) is 5.01 Å². The molecule has 2 heterocycles. The predicted octanol–water partition coefficient (Wildman–Crippen LogP) is 3.82. The van der Waals surface area contributed by atoms with E-state index in [1.165, 1.54) is 21.9 Å². The normalized spacial score (nSPS) is 19.4. The summed E-state index contributed by atoms with van der Waals surface area (Å²) < 4.78 is 0. The van der Waals surface area contributed by atoms with E-state index < -0.39 is 0 Å². The van der Waals surface area contributed by atoms with E-state index in [2.05, 4.69) is 53.8 Å². The third-order valence-electron chi connectivity index (χ3n) is 3.37. The van der Waals surface area contributed by atoms with Crippen LogP contribution in [0.2, 0.25) is 0 Å². The van der Waals surface area contributed by atoms with Gasteiger partial charge in [0.15, 0.2) is 0 Å². The topological polar surface area (TPSA) is 24.9 Å². The lowest BCUT2D eigenvalue weighted by atomic mass is 10.1. The minimum absolute atomic E-state index is 0.350. The van der Waals surface area contributed by atoms with Crippen molar-refractivity contribution in [1.82, 2.24) is 10.3 Å². The molecule has 19 heavy (non-hydrogen) atoms. The van der Waals surface area contributed by atoms with Crippen LogP contribution in [0.4, 0.5) is 0 Å². The van der Waals surface area contributed by atoms with Crippen LogP contribution in [0.25, 0.3) is 0 Å². The molecule has 0 radical (unpaired) electrons. The number of thioether (sulfide) groups is 1. The van der Waals surface area contributed by atoms with Crippen molar-refractivity contribution < 1.29 is 0 Å². The summed E-state index contributed by atoms with van der Waals surface area (Å²) in [7, 11) is 0. The zero-order chi connectivity index (χ0) is 13.2. The standard InChI is InChI=1S/C15H18N2S2/c1-10-9-18-15(17-10)11(2)16-8-13-7-12-5-3-4-6-14(12)19-13/h3-6,9,11,13,16H,7-8H2,1-2H3. The molecule has 4 heteroatoms. The van der Waals surface area contributed by atoms with Gasteiger partial charge in [-0.05, 0) is 31.9 Å². The second-order valence-corrected chi connectivity index (χ2v) is 7.24. The van der Waals surface area contributed by atoms with Crippen LogP contribution in [0.3, 0.4) is 0 Å². The highest BCUT2D eigenvalue weighted by Gasteiger charge is 2.22. The lowest BCUT2D eigenvalue weighted by molar-refractivity contribution is 0.564. The number of rotatable bonds is 4. The number of nitrogens with zero attached hydrogens (tertiary/aromatic N) is 1. The van der Waals surface area contributed by atoms with Gasteiger partial charge in [-0.3, -0.25) is 0 Å². The SMILES string of the molecule is Cc1csc(C(C)NCC2Cc3ccccc3S2)n1. The molecule has 0 aliphatic carbocycles. The van der Waals surface area contributed by atoms with Crippen molar-refractivity contribution in [3.63, 3.8) is 0 Å². The molecule has 1 aromatic carbocycles. The molecule has 2 atom stereocenters. The van der Waals surface area contributed by atoms with Crippen LogP contribution in [-0.2, 0) is 6.42 Å². The lowest BCUT2D eigenvalue weighted by Crippen LogP contribution is -2.27. The van der Waals surface area contributed by atoms with Crippen LogP contribution in [-0.4, -0.2) is 16.8 Å². The van der Waals surface area contributed by atoms with Crippen LogP contribution >= 0.6 is 23.1 Å². The molecule has 0 saturated heterocycles. The van der Waals surface area contributed by atoms with Crippen LogP contribution in [0, 0.1) is 6.92 Å². The van der Waals surface area contributed by atoms with Crippen molar-refractivity contribution in [2.24, 2.45) is 0 Å². The highest BCUT2D eigenvalue weighted by atomic mass is 32.2. The van der Waals surface area contributed by atoms with Gasteiger partial charge in [-0.25, -0.2) is 4.98 Å². The van der Waals surface area contributed by atoms with Crippen molar-refractivity contribution in [1.29, 1.82) is 0 Å². The van der Waals surface area contributed by atoms with Crippen LogP contribution < -0.4 is 5.32 Å². The molecule has 2 nitrogen and oxygen atoms in total. The molecule has 0 spiro atoms. The Bertz CT molecular complexity index is 540. The second-order valence-electron chi connectivity index (χ2n) is 5.01. The zero-order valence-corrected chi connectivity index (χ0v) is 12.9. The maximum atomic E-state index is 4.54. The molecule has 1 aliphatic rings. The Morgan fingerprint density at radius 1 is 1.42 bits per heavy atom. The number of nitrogens with one attached hydrogen (secondary N) is 1. The lowest BCUT2D eigenvalue weighted by Gasteiger charge is -2.14. The molecule has 100 valence electrons. The number of fused-ring (bicyclic) bond motifs is 1. The smallest absolute Gasteiger partial charge is 0.110 e. The Balaban J connectivity index is 1.54. The average molecular weight is 290 g/mol. The summed E-state index contributed by atoms with van der Waals surface area (Å²) in [4.78, 5) is 6.00. The fourth-order valence-corrected chi connectivity index (χ4v) is 4.42. The van der Waals surface area contributed by atoms with E-state index >= 15 is 0 Å². The van der Waals surface area contributed by atoms with Crippen molar-refractivity contribution >= 4 is 23.1 Å². The molecule has 3 rings (SSSR count). The number of hydrogen-bond acceptors (Lipinski definition) is 4. The molecule has 1 aliphatic heterocycles. The number of aromatic nitrogens is 1. The summed E-state index contributed by atoms with van der Waals surface area (Å²) in [6.07, 6.45) is 1.18. The molecule has 2 aromatic rings. The number of hydrogen-bond donors (Lipinski definition) is 1. The summed E-state index contributed by atoms with van der Waals surface area (Å²) >= 11 is 3.75. The summed E-state index contributed by atoms with van der Waals surface area (Å²) in [6.45, 7) is 5.29. The first-order chi connectivity index (χ1) is 9.22. The Hall–Kier alpha value is -0.840. The molecular formula is C15H18N2S2. The van der Waals surface area contributed by atoms with Gasteiger partial charge in [0.25, 0.3) is 0 Å². The van der Waals surface area contributed by atoms with E-state index in [9.17, 15) is 0 Å². The third-order valence-corrected chi connectivity index (χ3v) is 5.84. The van der Waals surface area contributed by atoms with Crippen molar-refractivity contribution in [2.75, 3.05) is 6.54 Å². The van der Waals surface area contributed by atoms with Crippen LogP contribution in [0.5, 0.6) is 0 Å². The zero-order valence-electron chi connectivity index (χ0n) is 11.2. The summed E-state index contributed by atoms with van der Waals surface area (Å²) in [6, 6.07) is 9.09. The van der Waals surface area contributed by atoms with Gasteiger partial charge in [-0.1, -0.05) is 18.2 Å². The Morgan fingerprint density at radius 3 is 3.00 bits per heavy atom. The third kappa shape index (κ3) is 3.02. The van der Waals surface area contributed by atoms with Crippen molar-refractivity contribution in [2.45, 2.75) is 36.5 Å². The first kappa shape index (κ1) is 13.2. The maximum absolute atomic E-state index is 4.54. The van der Waals surface area contributed by atoms with Gasteiger partial charge < -0.3 is 5.32 Å². The van der Waals surface area contributed by atoms with Gasteiger partial charge in [-0.2, -0.15) is 0 Å². The molecule has 1 aromatic heterocycles. The van der Waals surface area contributed by atoms with E-state index in [0.29, 0.717) is 11.3 Å². The van der Waals surface area contributed by atoms with E-state index in [1.54, 1.807) is 11.3 Å². The Kier molecular flexibility index (Phi) is 3.91. The highest BCUT2D eigenvalue weighted by Crippen LogP contribution is 2.36. The number of aryl methyl sites for hydroxylation is 1.